The number of carbonyl (C=O) groups is 2. The zero-order valence-corrected chi connectivity index (χ0v) is 16.7. The maximum atomic E-state index is 13.2. The topological polar surface area (TPSA) is 97.6 Å². The minimum Gasteiger partial charge on any atom is -0.446 e. The second-order valence-electron chi connectivity index (χ2n) is 8.26. The lowest BCUT2D eigenvalue weighted by Crippen LogP contribution is -2.53. The molecular formula is C21H22F2N4O4. The standard InChI is InChI=1S/C21H22F2N4O4/c22-17(23)19-26-25-18(31-19)11-5-6-12-10-27(20(28)14(12)9-11)16-4-2-1-3-15(16)24-21(29)30-13-7-8-13/h5-6,9,13,15-17H,1-4,7-8,10H2,(H,24,29)/t15-,16-/m1/s1. The lowest BCUT2D eigenvalue weighted by molar-refractivity contribution is 0.0586. The third-order valence-electron chi connectivity index (χ3n) is 6.05. The van der Waals surface area contributed by atoms with E-state index in [0.29, 0.717) is 17.7 Å². The van der Waals surface area contributed by atoms with Gasteiger partial charge in [0, 0.05) is 17.7 Å². The molecule has 2 heterocycles. The highest BCUT2D eigenvalue weighted by atomic mass is 19.3. The van der Waals surface area contributed by atoms with E-state index in [-0.39, 0.29) is 30.0 Å². The van der Waals surface area contributed by atoms with Crippen LogP contribution in [0.4, 0.5) is 13.6 Å². The van der Waals surface area contributed by atoms with Gasteiger partial charge >= 0.3 is 12.5 Å². The predicted molar refractivity (Wildman–Crippen MR) is 103 cm³/mol. The van der Waals surface area contributed by atoms with Crippen molar-refractivity contribution in [3.8, 4) is 11.5 Å². The number of alkyl carbamates (subject to hydrolysis) is 1. The number of nitrogens with one attached hydrogen (secondary N) is 1. The Labute approximate surface area is 176 Å². The zero-order valence-electron chi connectivity index (χ0n) is 16.7. The van der Waals surface area contributed by atoms with E-state index in [1.165, 1.54) is 0 Å². The molecular weight excluding hydrogens is 410 g/mol. The highest BCUT2D eigenvalue weighted by Crippen LogP contribution is 2.34. The van der Waals surface area contributed by atoms with E-state index in [4.69, 9.17) is 9.15 Å². The molecule has 1 aliphatic heterocycles. The fourth-order valence-electron chi connectivity index (χ4n) is 4.34. The van der Waals surface area contributed by atoms with E-state index in [9.17, 15) is 18.4 Å². The molecule has 0 unspecified atom stereocenters. The van der Waals surface area contributed by atoms with Gasteiger partial charge < -0.3 is 19.4 Å². The Bertz CT molecular complexity index is 1010. The predicted octanol–water partition coefficient (Wildman–Crippen LogP) is 3.83. The van der Waals surface area contributed by atoms with Gasteiger partial charge in [0.05, 0.1) is 12.1 Å². The maximum absolute atomic E-state index is 13.2. The van der Waals surface area contributed by atoms with Crippen LogP contribution in [0.1, 0.15) is 66.8 Å². The van der Waals surface area contributed by atoms with Gasteiger partial charge in [-0.25, -0.2) is 4.79 Å². The lowest BCUT2D eigenvalue weighted by Gasteiger charge is -2.38. The number of amides is 2. The van der Waals surface area contributed by atoms with Crippen molar-refractivity contribution < 1.29 is 27.5 Å². The molecule has 0 saturated heterocycles. The third kappa shape index (κ3) is 3.98. The number of benzene rings is 1. The molecule has 10 heteroatoms. The number of halogens is 2. The Kier molecular flexibility index (Phi) is 5.07. The fraction of sp³-hybridized carbons (Fsp3) is 0.524. The summed E-state index contributed by atoms with van der Waals surface area (Å²) in [5, 5.41) is 9.95. The van der Waals surface area contributed by atoms with Gasteiger partial charge in [0.25, 0.3) is 11.8 Å². The molecule has 0 bridgehead atoms. The number of carbonyl (C=O) groups excluding carboxylic acids is 2. The van der Waals surface area contributed by atoms with Crippen molar-refractivity contribution in [2.45, 2.75) is 69.7 Å². The molecule has 2 aliphatic carbocycles. The summed E-state index contributed by atoms with van der Waals surface area (Å²) in [6.45, 7) is 0.432. The Morgan fingerprint density at radius 2 is 2.00 bits per heavy atom. The first-order valence-corrected chi connectivity index (χ1v) is 10.5. The molecule has 0 spiro atoms. The molecule has 5 rings (SSSR count). The molecule has 1 aromatic heterocycles. The highest BCUT2D eigenvalue weighted by Gasteiger charge is 2.39. The Morgan fingerprint density at radius 1 is 1.19 bits per heavy atom. The summed E-state index contributed by atoms with van der Waals surface area (Å²) in [6, 6.07) is 4.77. The van der Waals surface area contributed by atoms with Gasteiger partial charge in [0.2, 0.25) is 5.89 Å². The number of alkyl halides is 2. The van der Waals surface area contributed by atoms with E-state index in [2.05, 4.69) is 15.5 Å². The molecule has 31 heavy (non-hydrogen) atoms. The minimum atomic E-state index is -2.85. The van der Waals surface area contributed by atoms with Gasteiger partial charge in [0.1, 0.15) is 6.10 Å². The largest absolute Gasteiger partial charge is 0.446 e. The van der Waals surface area contributed by atoms with Crippen LogP contribution in [0.2, 0.25) is 0 Å². The quantitative estimate of drug-likeness (QED) is 0.771. The van der Waals surface area contributed by atoms with Crippen LogP contribution in [0.3, 0.4) is 0 Å². The Morgan fingerprint density at radius 3 is 2.74 bits per heavy atom. The first kappa shape index (κ1) is 19.9. The Balaban J connectivity index is 1.33. The van der Waals surface area contributed by atoms with Crippen LogP contribution < -0.4 is 5.32 Å². The lowest BCUT2D eigenvalue weighted by atomic mass is 9.89. The number of rotatable bonds is 5. The number of ether oxygens (including phenoxy) is 1. The molecule has 2 saturated carbocycles. The normalized spacial score (nSPS) is 23.2. The summed E-state index contributed by atoms with van der Waals surface area (Å²) in [6.07, 6.45) is 2.10. The maximum Gasteiger partial charge on any atom is 0.407 e. The van der Waals surface area contributed by atoms with Crippen molar-refractivity contribution in [1.82, 2.24) is 20.4 Å². The van der Waals surface area contributed by atoms with Gasteiger partial charge in [0.15, 0.2) is 0 Å². The summed E-state index contributed by atoms with van der Waals surface area (Å²) in [5.74, 6) is -0.957. The third-order valence-corrected chi connectivity index (χ3v) is 6.05. The van der Waals surface area contributed by atoms with Crippen molar-refractivity contribution >= 4 is 12.0 Å². The molecule has 0 radical (unpaired) electrons. The Hall–Kier alpha value is -3.04. The van der Waals surface area contributed by atoms with Crippen molar-refractivity contribution in [2.75, 3.05) is 0 Å². The second kappa shape index (κ2) is 7.90. The van der Waals surface area contributed by atoms with Crippen molar-refractivity contribution in [2.24, 2.45) is 0 Å². The van der Waals surface area contributed by atoms with Crippen LogP contribution in [0.25, 0.3) is 11.5 Å². The summed E-state index contributed by atoms with van der Waals surface area (Å²) in [4.78, 5) is 27.2. The molecule has 2 aromatic rings. The van der Waals surface area contributed by atoms with E-state index in [1.54, 1.807) is 23.1 Å². The average molecular weight is 432 g/mol. The molecule has 2 fully saturated rings. The molecule has 164 valence electrons. The van der Waals surface area contributed by atoms with Gasteiger partial charge in [-0.3, -0.25) is 4.79 Å². The fourth-order valence-corrected chi connectivity index (χ4v) is 4.34. The monoisotopic (exact) mass is 432 g/mol. The van der Waals surface area contributed by atoms with Gasteiger partial charge in [-0.15, -0.1) is 10.2 Å². The molecule has 2 amide bonds. The van der Waals surface area contributed by atoms with E-state index < -0.39 is 18.4 Å². The summed E-state index contributed by atoms with van der Waals surface area (Å²) in [7, 11) is 0. The van der Waals surface area contributed by atoms with Crippen molar-refractivity contribution in [1.29, 1.82) is 0 Å². The van der Waals surface area contributed by atoms with Crippen LogP contribution in [0, 0.1) is 0 Å². The number of nitrogens with zero attached hydrogens (tertiary/aromatic N) is 3. The van der Waals surface area contributed by atoms with Crippen molar-refractivity contribution in [3.05, 3.63) is 35.2 Å². The number of fused-ring (bicyclic) bond motifs is 1. The van der Waals surface area contributed by atoms with Crippen LogP contribution in [0.5, 0.6) is 0 Å². The van der Waals surface area contributed by atoms with E-state index >= 15 is 0 Å². The molecule has 8 nitrogen and oxygen atoms in total. The van der Waals surface area contributed by atoms with Crippen LogP contribution in [0.15, 0.2) is 22.6 Å². The number of aromatic nitrogens is 2. The molecule has 3 aliphatic rings. The first-order chi connectivity index (χ1) is 15.0. The summed E-state index contributed by atoms with van der Waals surface area (Å²) in [5.41, 5.74) is 1.74. The second-order valence-corrected chi connectivity index (χ2v) is 8.26. The first-order valence-electron chi connectivity index (χ1n) is 10.5. The zero-order chi connectivity index (χ0) is 21.5. The number of hydrogen-bond donors (Lipinski definition) is 1. The van der Waals surface area contributed by atoms with Crippen LogP contribution in [-0.2, 0) is 11.3 Å². The SMILES string of the molecule is O=C(N[C@@H]1CCCC[C@H]1N1Cc2ccc(-c3nnc(C(F)F)o3)cc2C1=O)OC1CC1. The average Bonchev–Trinajstić information content (AvgIpc) is 3.31. The smallest absolute Gasteiger partial charge is 0.407 e. The van der Waals surface area contributed by atoms with Crippen LogP contribution >= 0.6 is 0 Å². The van der Waals surface area contributed by atoms with Crippen molar-refractivity contribution in [3.63, 3.8) is 0 Å². The molecule has 2 atom stereocenters. The van der Waals surface area contributed by atoms with E-state index in [0.717, 1.165) is 44.1 Å². The van der Waals surface area contributed by atoms with Crippen LogP contribution in [-0.4, -0.2) is 45.3 Å². The summed E-state index contributed by atoms with van der Waals surface area (Å²) < 4.78 is 35.8. The molecule has 1 aromatic carbocycles. The number of hydrogen-bond acceptors (Lipinski definition) is 6. The summed E-state index contributed by atoms with van der Waals surface area (Å²) >= 11 is 0. The molecule has 1 N–H and O–H groups in total. The van der Waals surface area contributed by atoms with Gasteiger partial charge in [-0.05, 0) is 43.4 Å². The van der Waals surface area contributed by atoms with E-state index in [1.807, 2.05) is 0 Å². The highest BCUT2D eigenvalue weighted by molar-refractivity contribution is 5.99. The van der Waals surface area contributed by atoms with Gasteiger partial charge in [-0.1, -0.05) is 18.9 Å². The van der Waals surface area contributed by atoms with Gasteiger partial charge in [-0.2, -0.15) is 8.78 Å². The minimum absolute atomic E-state index is 0.0217.